The molecule has 1 amide bonds. The zero-order valence-corrected chi connectivity index (χ0v) is 13.7. The van der Waals surface area contributed by atoms with E-state index in [4.69, 9.17) is 4.74 Å². The molecular formula is C17H14F3NO3S. The molecule has 4 nitrogen and oxygen atoms in total. The summed E-state index contributed by atoms with van der Waals surface area (Å²) in [6.07, 6.45) is -2.04. The Kier molecular flexibility index (Phi) is 6.35. The van der Waals surface area contributed by atoms with Gasteiger partial charge in [-0.2, -0.15) is 13.2 Å². The predicted molar refractivity (Wildman–Crippen MR) is 87.6 cm³/mol. The molecule has 0 saturated heterocycles. The predicted octanol–water partition coefficient (Wildman–Crippen LogP) is 3.64. The second-order valence-corrected chi connectivity index (χ2v) is 5.95. The minimum absolute atomic E-state index is 0.357. The summed E-state index contributed by atoms with van der Waals surface area (Å²) in [5, 5.41) is 4.48. The molecule has 8 heteroatoms. The van der Waals surface area contributed by atoms with E-state index in [2.05, 4.69) is 5.32 Å². The summed E-state index contributed by atoms with van der Waals surface area (Å²) in [6.45, 7) is -0.0724. The molecule has 0 radical (unpaired) electrons. The van der Waals surface area contributed by atoms with Crippen LogP contribution in [0, 0.1) is 0 Å². The topological polar surface area (TPSA) is 55.4 Å². The first-order chi connectivity index (χ1) is 11.8. The van der Waals surface area contributed by atoms with E-state index in [9.17, 15) is 22.8 Å². The van der Waals surface area contributed by atoms with Crippen LogP contribution >= 0.6 is 11.3 Å². The van der Waals surface area contributed by atoms with Crippen molar-refractivity contribution in [1.29, 1.82) is 0 Å². The van der Waals surface area contributed by atoms with Gasteiger partial charge in [-0.05, 0) is 35.2 Å². The summed E-state index contributed by atoms with van der Waals surface area (Å²) in [7, 11) is 0. The van der Waals surface area contributed by atoms with Gasteiger partial charge in [-0.1, -0.05) is 18.2 Å². The Morgan fingerprint density at radius 1 is 1.16 bits per heavy atom. The van der Waals surface area contributed by atoms with Crippen molar-refractivity contribution in [2.45, 2.75) is 12.7 Å². The number of hydrogen-bond donors (Lipinski definition) is 1. The number of rotatable bonds is 6. The fourth-order valence-electron chi connectivity index (χ4n) is 1.78. The van der Waals surface area contributed by atoms with Crippen molar-refractivity contribution in [2.75, 3.05) is 6.61 Å². The Morgan fingerprint density at radius 2 is 1.88 bits per heavy atom. The van der Waals surface area contributed by atoms with Gasteiger partial charge in [-0.3, -0.25) is 4.79 Å². The van der Waals surface area contributed by atoms with Crippen LogP contribution in [0.3, 0.4) is 0 Å². The molecule has 0 unspecified atom stereocenters. The van der Waals surface area contributed by atoms with Crippen LogP contribution in [0.2, 0.25) is 0 Å². The van der Waals surface area contributed by atoms with E-state index in [-0.39, 0.29) is 0 Å². The number of halogens is 3. The third kappa shape index (κ3) is 6.42. The SMILES string of the molecule is O=C(COC(=O)C=Cc1ccc(C(F)(F)F)cc1)NCc1cccs1. The molecule has 1 aromatic carbocycles. The lowest BCUT2D eigenvalue weighted by atomic mass is 10.1. The van der Waals surface area contributed by atoms with Gasteiger partial charge in [-0.25, -0.2) is 4.79 Å². The van der Waals surface area contributed by atoms with Gasteiger partial charge in [0.1, 0.15) is 0 Å². The number of amides is 1. The lowest BCUT2D eigenvalue weighted by Gasteiger charge is -2.06. The summed E-state index contributed by atoms with van der Waals surface area (Å²) in [6, 6.07) is 8.04. The van der Waals surface area contributed by atoms with Crippen molar-refractivity contribution in [3.63, 3.8) is 0 Å². The molecule has 0 spiro atoms. The summed E-state index contributed by atoms with van der Waals surface area (Å²) in [5.74, 6) is -1.20. The third-order valence-corrected chi connectivity index (χ3v) is 3.91. The lowest BCUT2D eigenvalue weighted by Crippen LogP contribution is -2.27. The maximum absolute atomic E-state index is 12.4. The standard InChI is InChI=1S/C17H14F3NO3S/c18-17(19,20)13-6-3-12(4-7-13)5-8-16(23)24-11-15(22)21-10-14-2-1-9-25-14/h1-9H,10-11H2,(H,21,22). The average Bonchev–Trinajstić information content (AvgIpc) is 3.09. The van der Waals surface area contributed by atoms with Gasteiger partial charge in [0, 0.05) is 11.0 Å². The molecule has 25 heavy (non-hydrogen) atoms. The average molecular weight is 369 g/mol. The second kappa shape index (κ2) is 8.48. The molecule has 1 heterocycles. The molecule has 0 fully saturated rings. The highest BCUT2D eigenvalue weighted by Gasteiger charge is 2.29. The molecule has 2 rings (SSSR count). The monoisotopic (exact) mass is 369 g/mol. The molecule has 0 aliphatic rings. The number of benzene rings is 1. The molecule has 2 aromatic rings. The van der Waals surface area contributed by atoms with Crippen molar-refractivity contribution >= 4 is 29.3 Å². The van der Waals surface area contributed by atoms with E-state index in [1.807, 2.05) is 17.5 Å². The quantitative estimate of drug-likeness (QED) is 0.625. The van der Waals surface area contributed by atoms with Gasteiger partial charge < -0.3 is 10.1 Å². The van der Waals surface area contributed by atoms with E-state index >= 15 is 0 Å². The lowest BCUT2D eigenvalue weighted by molar-refractivity contribution is -0.143. The normalized spacial score (nSPS) is 11.5. The number of carbonyl (C=O) groups excluding carboxylic acids is 2. The number of thiophene rings is 1. The molecule has 0 atom stereocenters. The van der Waals surface area contributed by atoms with E-state index in [0.29, 0.717) is 12.1 Å². The largest absolute Gasteiger partial charge is 0.452 e. The van der Waals surface area contributed by atoms with Crippen molar-refractivity contribution in [3.05, 3.63) is 63.9 Å². The molecule has 0 bridgehead atoms. The highest BCUT2D eigenvalue weighted by atomic mass is 32.1. The van der Waals surface area contributed by atoms with Crippen LogP contribution in [0.4, 0.5) is 13.2 Å². The molecule has 0 aliphatic heterocycles. The van der Waals surface area contributed by atoms with Crippen LogP contribution in [0.15, 0.2) is 47.9 Å². The van der Waals surface area contributed by atoms with Crippen LogP contribution in [-0.2, 0) is 27.0 Å². The summed E-state index contributed by atoms with van der Waals surface area (Å²) in [4.78, 5) is 24.0. The van der Waals surface area contributed by atoms with Crippen molar-refractivity contribution < 1.29 is 27.5 Å². The Labute approximate surface area is 145 Å². The zero-order chi connectivity index (χ0) is 18.3. The van der Waals surface area contributed by atoms with E-state index in [0.717, 1.165) is 23.1 Å². The van der Waals surface area contributed by atoms with E-state index in [1.54, 1.807) is 0 Å². The minimum atomic E-state index is -4.41. The Bertz CT molecular complexity index is 737. The van der Waals surface area contributed by atoms with Crippen LogP contribution in [-0.4, -0.2) is 18.5 Å². The van der Waals surface area contributed by atoms with E-state index in [1.165, 1.54) is 29.5 Å². The number of hydrogen-bond acceptors (Lipinski definition) is 4. The molecule has 132 valence electrons. The van der Waals surface area contributed by atoms with Gasteiger partial charge in [0.2, 0.25) is 0 Å². The van der Waals surface area contributed by atoms with Crippen molar-refractivity contribution in [1.82, 2.24) is 5.32 Å². The smallest absolute Gasteiger partial charge is 0.416 e. The number of nitrogens with one attached hydrogen (secondary N) is 1. The van der Waals surface area contributed by atoms with E-state index < -0.39 is 30.2 Å². The summed E-state index contributed by atoms with van der Waals surface area (Å²) >= 11 is 1.49. The number of ether oxygens (including phenoxy) is 1. The van der Waals surface area contributed by atoms with Crippen LogP contribution in [0.25, 0.3) is 6.08 Å². The van der Waals surface area contributed by atoms with Crippen LogP contribution in [0.1, 0.15) is 16.0 Å². The Hall–Kier alpha value is -2.61. The molecule has 0 saturated carbocycles. The fraction of sp³-hybridized carbons (Fsp3) is 0.176. The number of esters is 1. The van der Waals surface area contributed by atoms with Gasteiger partial charge >= 0.3 is 12.1 Å². The number of carbonyl (C=O) groups is 2. The summed E-state index contributed by atoms with van der Waals surface area (Å²) in [5.41, 5.74) is -0.360. The Morgan fingerprint density at radius 3 is 2.48 bits per heavy atom. The molecule has 1 aromatic heterocycles. The molecular weight excluding hydrogens is 355 g/mol. The van der Waals surface area contributed by atoms with Gasteiger partial charge in [0.05, 0.1) is 12.1 Å². The van der Waals surface area contributed by atoms with Crippen LogP contribution in [0.5, 0.6) is 0 Å². The van der Waals surface area contributed by atoms with Crippen LogP contribution < -0.4 is 5.32 Å². The molecule has 0 aliphatic carbocycles. The first-order valence-corrected chi connectivity index (χ1v) is 8.04. The Balaban J connectivity index is 1.75. The summed E-state index contributed by atoms with van der Waals surface area (Å²) < 4.78 is 42.1. The highest BCUT2D eigenvalue weighted by molar-refractivity contribution is 7.09. The van der Waals surface area contributed by atoms with Gasteiger partial charge in [0.25, 0.3) is 5.91 Å². The van der Waals surface area contributed by atoms with Gasteiger partial charge in [0.15, 0.2) is 6.61 Å². The highest BCUT2D eigenvalue weighted by Crippen LogP contribution is 2.29. The third-order valence-electron chi connectivity index (χ3n) is 3.04. The fourth-order valence-corrected chi connectivity index (χ4v) is 2.43. The first-order valence-electron chi connectivity index (χ1n) is 7.16. The first kappa shape index (κ1) is 18.7. The van der Waals surface area contributed by atoms with Gasteiger partial charge in [-0.15, -0.1) is 11.3 Å². The second-order valence-electron chi connectivity index (χ2n) is 4.92. The maximum Gasteiger partial charge on any atom is 0.416 e. The zero-order valence-electron chi connectivity index (χ0n) is 12.9. The van der Waals surface area contributed by atoms with Crippen molar-refractivity contribution in [3.8, 4) is 0 Å². The maximum atomic E-state index is 12.4. The number of alkyl halides is 3. The minimum Gasteiger partial charge on any atom is -0.452 e. The van der Waals surface area contributed by atoms with Crippen molar-refractivity contribution in [2.24, 2.45) is 0 Å². The molecule has 1 N–H and O–H groups in total.